The van der Waals surface area contributed by atoms with Crippen LogP contribution in [0.15, 0.2) is 16.6 Å². The smallest absolute Gasteiger partial charge is 0.313 e. The van der Waals surface area contributed by atoms with E-state index >= 15 is 0 Å². The van der Waals surface area contributed by atoms with Crippen LogP contribution in [0.25, 0.3) is 0 Å². The summed E-state index contributed by atoms with van der Waals surface area (Å²) in [5.74, 6) is -0.710. The van der Waals surface area contributed by atoms with Gasteiger partial charge in [-0.05, 0) is 29.3 Å². The van der Waals surface area contributed by atoms with Gasteiger partial charge < -0.3 is 10.5 Å². The SMILES string of the molecule is CCC(C)(N)COc1cc(Br)c(F)cc1[N+](=O)[O-]. The third-order valence-corrected chi connectivity index (χ3v) is 3.17. The Morgan fingerprint density at radius 2 is 2.22 bits per heavy atom. The maximum atomic E-state index is 13.2. The molecule has 1 aromatic rings. The Labute approximate surface area is 112 Å². The van der Waals surface area contributed by atoms with Gasteiger partial charge in [-0.2, -0.15) is 0 Å². The molecule has 0 aliphatic carbocycles. The van der Waals surface area contributed by atoms with E-state index in [1.807, 2.05) is 6.92 Å². The average Bonchev–Trinajstić information content (AvgIpc) is 2.30. The molecular formula is C11H14BrFN2O3. The number of ether oxygens (including phenoxy) is 1. The number of nitro benzene ring substituents is 1. The van der Waals surface area contributed by atoms with Gasteiger partial charge in [0.25, 0.3) is 0 Å². The molecule has 0 amide bonds. The summed E-state index contributed by atoms with van der Waals surface area (Å²) < 4.78 is 18.7. The van der Waals surface area contributed by atoms with Gasteiger partial charge in [0.1, 0.15) is 12.4 Å². The largest absolute Gasteiger partial charge is 0.485 e. The highest BCUT2D eigenvalue weighted by molar-refractivity contribution is 9.10. The van der Waals surface area contributed by atoms with E-state index in [0.29, 0.717) is 6.42 Å². The molecule has 0 aromatic heterocycles. The van der Waals surface area contributed by atoms with E-state index in [1.165, 1.54) is 6.07 Å². The summed E-state index contributed by atoms with van der Waals surface area (Å²) in [7, 11) is 0. The molecule has 1 atom stereocenters. The lowest BCUT2D eigenvalue weighted by molar-refractivity contribution is -0.386. The van der Waals surface area contributed by atoms with Crippen LogP contribution in [0.3, 0.4) is 0 Å². The minimum absolute atomic E-state index is 0.00148. The van der Waals surface area contributed by atoms with E-state index in [9.17, 15) is 14.5 Å². The van der Waals surface area contributed by atoms with Gasteiger partial charge in [-0.1, -0.05) is 6.92 Å². The van der Waals surface area contributed by atoms with Crippen molar-refractivity contribution in [1.29, 1.82) is 0 Å². The molecule has 1 rings (SSSR count). The first-order valence-electron chi connectivity index (χ1n) is 5.32. The third kappa shape index (κ3) is 3.64. The number of benzene rings is 1. The Morgan fingerprint density at radius 3 is 2.72 bits per heavy atom. The maximum Gasteiger partial charge on any atom is 0.313 e. The van der Waals surface area contributed by atoms with Crippen LogP contribution >= 0.6 is 15.9 Å². The molecule has 2 N–H and O–H groups in total. The van der Waals surface area contributed by atoms with Crippen LogP contribution in [-0.2, 0) is 0 Å². The lowest BCUT2D eigenvalue weighted by Gasteiger charge is -2.22. The molecule has 0 aliphatic rings. The van der Waals surface area contributed by atoms with Crippen LogP contribution in [-0.4, -0.2) is 17.1 Å². The minimum Gasteiger partial charge on any atom is -0.485 e. The van der Waals surface area contributed by atoms with Gasteiger partial charge in [0.2, 0.25) is 0 Å². The fraction of sp³-hybridized carbons (Fsp3) is 0.455. The van der Waals surface area contributed by atoms with Crippen LogP contribution in [0.1, 0.15) is 20.3 Å². The lowest BCUT2D eigenvalue weighted by atomic mass is 10.0. The minimum atomic E-state index is -0.708. The molecule has 0 fully saturated rings. The van der Waals surface area contributed by atoms with Gasteiger partial charge in [0, 0.05) is 11.6 Å². The first-order valence-corrected chi connectivity index (χ1v) is 6.11. The zero-order valence-electron chi connectivity index (χ0n) is 10.1. The van der Waals surface area contributed by atoms with Gasteiger partial charge in [-0.25, -0.2) is 4.39 Å². The molecule has 18 heavy (non-hydrogen) atoms. The Hall–Kier alpha value is -1.21. The van der Waals surface area contributed by atoms with Gasteiger partial charge in [0.05, 0.1) is 15.5 Å². The monoisotopic (exact) mass is 320 g/mol. The van der Waals surface area contributed by atoms with E-state index in [1.54, 1.807) is 6.92 Å². The molecular weight excluding hydrogens is 307 g/mol. The Bertz CT molecular complexity index is 466. The number of halogens is 2. The number of nitrogens with two attached hydrogens (primary N) is 1. The zero-order chi connectivity index (χ0) is 13.9. The predicted molar refractivity (Wildman–Crippen MR) is 69.1 cm³/mol. The summed E-state index contributed by atoms with van der Waals surface area (Å²) in [6, 6.07) is 2.05. The molecule has 0 aliphatic heterocycles. The molecule has 1 unspecified atom stereocenters. The molecule has 0 bridgehead atoms. The van der Waals surface area contributed by atoms with Crippen molar-refractivity contribution in [3.05, 3.63) is 32.5 Å². The highest BCUT2D eigenvalue weighted by atomic mass is 79.9. The second-order valence-corrected chi connectivity index (χ2v) is 5.14. The summed E-state index contributed by atoms with van der Waals surface area (Å²) in [6.45, 7) is 3.78. The van der Waals surface area contributed by atoms with Gasteiger partial charge in [-0.15, -0.1) is 0 Å². The Kier molecular flexibility index (Phi) is 4.64. The van der Waals surface area contributed by atoms with Gasteiger partial charge in [-0.3, -0.25) is 10.1 Å². The van der Waals surface area contributed by atoms with Crippen molar-refractivity contribution in [2.24, 2.45) is 5.73 Å². The van der Waals surface area contributed by atoms with E-state index < -0.39 is 22.0 Å². The molecule has 0 saturated heterocycles. The summed E-state index contributed by atoms with van der Waals surface area (Å²) >= 11 is 2.96. The summed E-state index contributed by atoms with van der Waals surface area (Å²) in [4.78, 5) is 10.1. The fourth-order valence-corrected chi connectivity index (χ4v) is 1.44. The molecule has 5 nitrogen and oxygen atoms in total. The standard InChI is InChI=1S/C11H14BrFN2O3/c1-3-11(2,14)6-18-10-4-7(12)8(13)5-9(10)15(16)17/h4-5H,3,6,14H2,1-2H3. The third-order valence-electron chi connectivity index (χ3n) is 2.56. The molecule has 0 saturated carbocycles. The molecule has 1 aromatic carbocycles. The number of rotatable bonds is 5. The van der Waals surface area contributed by atoms with Crippen LogP contribution in [0.2, 0.25) is 0 Å². The van der Waals surface area contributed by atoms with Crippen molar-refractivity contribution >= 4 is 21.6 Å². The molecule has 0 heterocycles. The van der Waals surface area contributed by atoms with Crippen LogP contribution in [0.5, 0.6) is 5.75 Å². The normalized spacial score (nSPS) is 14.1. The second-order valence-electron chi connectivity index (χ2n) is 4.29. The summed E-state index contributed by atoms with van der Waals surface area (Å²) in [5, 5.41) is 10.8. The van der Waals surface area contributed by atoms with E-state index in [2.05, 4.69) is 15.9 Å². The number of hydrogen-bond donors (Lipinski definition) is 1. The molecule has 0 spiro atoms. The first kappa shape index (κ1) is 14.8. The zero-order valence-corrected chi connectivity index (χ0v) is 11.7. The molecule has 7 heteroatoms. The summed E-state index contributed by atoms with van der Waals surface area (Å²) in [6.07, 6.45) is 0.656. The second kappa shape index (κ2) is 5.62. The quantitative estimate of drug-likeness (QED) is 0.668. The van der Waals surface area contributed by atoms with Crippen molar-refractivity contribution in [2.75, 3.05) is 6.61 Å². The lowest BCUT2D eigenvalue weighted by Crippen LogP contribution is -2.41. The average molecular weight is 321 g/mol. The predicted octanol–water partition coefficient (Wildman–Crippen LogP) is 3.00. The topological polar surface area (TPSA) is 78.4 Å². The van der Waals surface area contributed by atoms with Crippen molar-refractivity contribution in [3.63, 3.8) is 0 Å². The van der Waals surface area contributed by atoms with E-state index in [4.69, 9.17) is 10.5 Å². The van der Waals surface area contributed by atoms with Crippen LogP contribution in [0, 0.1) is 15.9 Å². The number of nitrogens with zero attached hydrogens (tertiary/aromatic N) is 1. The highest BCUT2D eigenvalue weighted by Gasteiger charge is 2.22. The number of hydrogen-bond acceptors (Lipinski definition) is 4. The van der Waals surface area contributed by atoms with Crippen molar-refractivity contribution < 1.29 is 14.1 Å². The van der Waals surface area contributed by atoms with Crippen molar-refractivity contribution in [3.8, 4) is 5.75 Å². The van der Waals surface area contributed by atoms with Crippen LogP contribution < -0.4 is 10.5 Å². The fourth-order valence-electron chi connectivity index (χ4n) is 1.12. The Balaban J connectivity index is 3.01. The first-order chi connectivity index (χ1) is 8.26. The van der Waals surface area contributed by atoms with Gasteiger partial charge >= 0.3 is 5.69 Å². The number of nitro groups is 1. The summed E-state index contributed by atoms with van der Waals surface area (Å²) in [5.41, 5.74) is 4.87. The van der Waals surface area contributed by atoms with Crippen molar-refractivity contribution in [1.82, 2.24) is 0 Å². The van der Waals surface area contributed by atoms with E-state index in [-0.39, 0.29) is 16.8 Å². The van der Waals surface area contributed by atoms with Crippen LogP contribution in [0.4, 0.5) is 10.1 Å². The van der Waals surface area contributed by atoms with E-state index in [0.717, 1.165) is 6.07 Å². The van der Waals surface area contributed by atoms with Gasteiger partial charge in [0.15, 0.2) is 5.75 Å². The highest BCUT2D eigenvalue weighted by Crippen LogP contribution is 2.32. The maximum absolute atomic E-state index is 13.2. The molecule has 0 radical (unpaired) electrons. The Morgan fingerprint density at radius 1 is 1.61 bits per heavy atom. The molecule has 100 valence electrons. The van der Waals surface area contributed by atoms with Crippen molar-refractivity contribution in [2.45, 2.75) is 25.8 Å².